The zero-order valence-corrected chi connectivity index (χ0v) is 19.4. The molecule has 0 bridgehead atoms. The fourth-order valence-corrected chi connectivity index (χ4v) is 2.63. The third-order valence-electron chi connectivity index (χ3n) is 4.30. The van der Waals surface area contributed by atoms with Crippen LogP contribution in [0, 0.1) is 11.8 Å². The maximum absolute atomic E-state index is 11.5. The van der Waals surface area contributed by atoms with Gasteiger partial charge in [0.05, 0.1) is 6.73 Å². The van der Waals surface area contributed by atoms with Gasteiger partial charge in [0.1, 0.15) is 17.3 Å². The van der Waals surface area contributed by atoms with Gasteiger partial charge >= 0.3 is 0 Å². The van der Waals surface area contributed by atoms with Gasteiger partial charge in [0, 0.05) is 46.3 Å². The highest BCUT2D eigenvalue weighted by atomic mass is 19.3. The Morgan fingerprint density at radius 3 is 2.50 bits per heavy atom. The number of nitrogens with one attached hydrogen (secondary N) is 3. The van der Waals surface area contributed by atoms with Crippen LogP contribution in [0.2, 0.25) is 0 Å². The first-order valence-corrected chi connectivity index (χ1v) is 10.3. The second-order valence-electron chi connectivity index (χ2n) is 7.33. The molecule has 32 heavy (non-hydrogen) atoms. The Hall–Kier alpha value is -2.02. The van der Waals surface area contributed by atoms with E-state index in [0.717, 1.165) is 44.5 Å². The highest BCUT2D eigenvalue weighted by Crippen LogP contribution is 2.23. The molecule has 1 aromatic heterocycles. The lowest BCUT2D eigenvalue weighted by Crippen LogP contribution is -2.22. The molecule has 9 nitrogen and oxygen atoms in total. The minimum Gasteiger partial charge on any atom is -0.396 e. The van der Waals surface area contributed by atoms with Gasteiger partial charge < -0.3 is 20.3 Å². The number of aromatic nitrogens is 2. The molecule has 0 aliphatic heterocycles. The number of aldehydes is 1. The van der Waals surface area contributed by atoms with Gasteiger partial charge in [-0.25, -0.2) is 0 Å². The number of halogens is 3. The molecule has 0 spiro atoms. The van der Waals surface area contributed by atoms with Crippen LogP contribution in [0.4, 0.5) is 19.8 Å². The second-order valence-corrected chi connectivity index (χ2v) is 7.33. The van der Waals surface area contributed by atoms with Crippen molar-refractivity contribution in [2.24, 2.45) is 11.8 Å². The van der Waals surface area contributed by atoms with E-state index in [1.54, 1.807) is 20.2 Å². The van der Waals surface area contributed by atoms with Crippen molar-refractivity contribution in [2.75, 3.05) is 46.0 Å². The molecule has 194 valence electrons. The van der Waals surface area contributed by atoms with E-state index in [0.29, 0.717) is 36.4 Å². The molecule has 0 saturated carbocycles. The summed E-state index contributed by atoms with van der Waals surface area (Å²) >= 11 is 0. The number of carbonyl (C=O) groups is 1. The summed E-state index contributed by atoms with van der Waals surface area (Å²) in [5, 5.41) is 25.9. The fourth-order valence-electron chi connectivity index (χ4n) is 2.63. The fraction of sp³-hybridized carbons (Fsp3) is 0.750. The van der Waals surface area contributed by atoms with Gasteiger partial charge in [-0.1, -0.05) is 13.8 Å². The van der Waals surface area contributed by atoms with Crippen LogP contribution in [0.25, 0.3) is 0 Å². The number of anilines is 1. The van der Waals surface area contributed by atoms with Crippen LogP contribution in [0.15, 0.2) is 11.8 Å². The topological polar surface area (TPSA) is 121 Å². The largest absolute Gasteiger partial charge is 0.396 e. The molecular weight excluding hydrogens is 433 g/mol. The van der Waals surface area contributed by atoms with E-state index in [4.69, 9.17) is 14.9 Å². The van der Waals surface area contributed by atoms with E-state index in [9.17, 15) is 9.32 Å². The molecule has 2 rings (SSSR count). The van der Waals surface area contributed by atoms with Crippen LogP contribution in [0.3, 0.4) is 0 Å². The molecule has 1 aromatic rings. The Morgan fingerprint density at radius 2 is 2.09 bits per heavy atom. The van der Waals surface area contributed by atoms with E-state index < -0.39 is 0 Å². The summed E-state index contributed by atoms with van der Waals surface area (Å²) < 4.78 is 18.0. The Morgan fingerprint density at radius 1 is 1.41 bits per heavy atom. The Labute approximate surface area is 189 Å². The molecule has 0 saturated heterocycles. The van der Waals surface area contributed by atoms with Crippen molar-refractivity contribution >= 4 is 12.1 Å². The highest BCUT2D eigenvalue weighted by molar-refractivity contribution is 5.81. The SMILES string of the molecule is CNc1[nH]n(CC(C)C)c1C=O.COCNCCCO.F.F.OCC1CC=C(OF)CC1.[HH]. The number of rotatable bonds is 11. The van der Waals surface area contributed by atoms with Gasteiger partial charge in [-0.15, -0.1) is 0 Å². The molecule has 1 atom stereocenters. The number of aromatic amines is 1. The van der Waals surface area contributed by atoms with Gasteiger partial charge in [0.2, 0.25) is 0 Å². The molecule has 1 aliphatic rings. The average molecular weight is 477 g/mol. The van der Waals surface area contributed by atoms with E-state index in [-0.39, 0.29) is 24.0 Å². The van der Waals surface area contributed by atoms with Crippen LogP contribution in [0.5, 0.6) is 0 Å². The zero-order valence-electron chi connectivity index (χ0n) is 19.4. The van der Waals surface area contributed by atoms with Crippen LogP contribution < -0.4 is 10.6 Å². The molecule has 0 aromatic carbocycles. The van der Waals surface area contributed by atoms with Crippen LogP contribution in [-0.2, 0) is 16.2 Å². The molecule has 5 N–H and O–H groups in total. The summed E-state index contributed by atoms with van der Waals surface area (Å²) in [5.74, 6) is 2.07. The molecule has 0 radical (unpaired) electrons. The standard InChI is InChI=1S/C8H15N3O.C7H11FO2.C5H13NO2.2FH.H2/c1-6(2)4-11-7(5-12)8(9-3)10-11;8-10-7-3-1-6(5-9)2-4-7;1-8-5-6-3-2-4-7;;;/h5-6,9-10H,4H2,1-3H3;3,6,9H,1-2,4-5H2;6-7H,2-5H2,1H3;3*1H. The lowest BCUT2D eigenvalue weighted by atomic mass is 9.94. The summed E-state index contributed by atoms with van der Waals surface area (Å²) in [6.07, 6.45) is 5.53. The monoisotopic (exact) mass is 476 g/mol. The molecule has 1 unspecified atom stereocenters. The molecule has 12 heteroatoms. The number of allylic oxidation sites excluding steroid dienone is 2. The third kappa shape index (κ3) is 14.9. The van der Waals surface area contributed by atoms with Crippen molar-refractivity contribution in [3.05, 3.63) is 17.5 Å². The maximum atomic E-state index is 11.5. The summed E-state index contributed by atoms with van der Waals surface area (Å²) in [6.45, 7) is 6.92. The van der Waals surface area contributed by atoms with Gasteiger partial charge in [0.15, 0.2) is 6.29 Å². The second kappa shape index (κ2) is 22.2. The first kappa shape index (κ1) is 34.6. The maximum Gasteiger partial charge on any atom is 0.171 e. The Balaban J connectivity index is -0.000000187. The van der Waals surface area contributed by atoms with Crippen molar-refractivity contribution in [3.8, 4) is 0 Å². The number of hydrogen-bond acceptors (Lipinski definition) is 7. The van der Waals surface area contributed by atoms with Gasteiger partial charge in [-0.3, -0.25) is 34.2 Å². The van der Waals surface area contributed by atoms with E-state index in [2.05, 4.69) is 34.5 Å². The number of hydrogen-bond donors (Lipinski definition) is 5. The minimum atomic E-state index is 0. The number of nitrogens with zero attached hydrogens (tertiary/aromatic N) is 1. The zero-order chi connectivity index (χ0) is 22.8. The minimum absolute atomic E-state index is 0. The number of carbonyl (C=O) groups excluding carboxylic acids is 1. The number of ether oxygens (including phenoxy) is 1. The highest BCUT2D eigenvalue weighted by Gasteiger charge is 2.14. The molecule has 0 amide bonds. The molecule has 1 heterocycles. The van der Waals surface area contributed by atoms with Crippen molar-refractivity contribution in [1.29, 1.82) is 0 Å². The first-order valence-electron chi connectivity index (χ1n) is 10.3. The number of aliphatic hydroxyl groups excluding tert-OH is 2. The quantitative estimate of drug-likeness (QED) is 0.189. The van der Waals surface area contributed by atoms with Gasteiger partial charge in [0.25, 0.3) is 0 Å². The normalized spacial score (nSPS) is 14.5. The van der Waals surface area contributed by atoms with Crippen LogP contribution in [-0.4, -0.2) is 66.9 Å². The van der Waals surface area contributed by atoms with Crippen molar-refractivity contribution < 1.29 is 40.0 Å². The van der Waals surface area contributed by atoms with Crippen molar-refractivity contribution in [2.45, 2.75) is 46.1 Å². The predicted molar refractivity (Wildman–Crippen MR) is 122 cm³/mol. The summed E-state index contributed by atoms with van der Waals surface area (Å²) in [5.41, 5.74) is 0.714. The average Bonchev–Trinajstić information content (AvgIpc) is 2.75. The third-order valence-corrected chi connectivity index (χ3v) is 4.30. The lowest BCUT2D eigenvalue weighted by molar-refractivity contribution is -0.0901. The summed E-state index contributed by atoms with van der Waals surface area (Å²) in [6, 6.07) is 0. The molecular formula is C20H43F3N4O5. The van der Waals surface area contributed by atoms with E-state index >= 15 is 0 Å². The van der Waals surface area contributed by atoms with E-state index in [1.807, 2.05) is 4.68 Å². The van der Waals surface area contributed by atoms with Crippen LogP contribution >= 0.6 is 0 Å². The van der Waals surface area contributed by atoms with Gasteiger partial charge in [-0.05, 0) is 43.7 Å². The Kier molecular flexibility index (Phi) is 24.0. The van der Waals surface area contributed by atoms with Crippen LogP contribution in [0.1, 0.15) is 51.4 Å². The Bertz CT molecular complexity index is 583. The molecule has 0 fully saturated rings. The lowest BCUT2D eigenvalue weighted by Gasteiger charge is -2.20. The predicted octanol–water partition coefficient (Wildman–Crippen LogP) is 3.00. The van der Waals surface area contributed by atoms with Crippen molar-refractivity contribution in [1.82, 2.24) is 15.1 Å². The number of aliphatic hydroxyl groups is 2. The smallest absolute Gasteiger partial charge is 0.171 e. The van der Waals surface area contributed by atoms with Crippen molar-refractivity contribution in [3.63, 3.8) is 0 Å². The summed E-state index contributed by atoms with van der Waals surface area (Å²) in [7, 11) is 3.42. The summed E-state index contributed by atoms with van der Waals surface area (Å²) in [4.78, 5) is 14.1. The number of H-pyrrole nitrogens is 1. The first-order chi connectivity index (χ1) is 14.5. The number of methoxy groups -OCH3 is 1. The van der Waals surface area contributed by atoms with Gasteiger partial charge in [-0.2, -0.15) is 0 Å². The van der Waals surface area contributed by atoms with E-state index in [1.165, 1.54) is 0 Å². The molecule has 1 aliphatic carbocycles.